The fourth-order valence-electron chi connectivity index (χ4n) is 3.16. The number of rotatable bonds is 1. The van der Waals surface area contributed by atoms with E-state index in [-0.39, 0.29) is 0 Å². The van der Waals surface area contributed by atoms with E-state index in [1.54, 1.807) is 6.33 Å². The molecule has 1 fully saturated rings. The minimum absolute atomic E-state index is 0.778. The molecule has 2 aromatic heterocycles. The normalized spacial score (nSPS) is 26.8. The van der Waals surface area contributed by atoms with Gasteiger partial charge in [-0.1, -0.05) is 12.2 Å². The molecule has 2 aromatic rings. The highest BCUT2D eigenvalue weighted by Gasteiger charge is 2.34. The van der Waals surface area contributed by atoms with Crippen molar-refractivity contribution in [3.8, 4) is 0 Å². The van der Waals surface area contributed by atoms with Crippen LogP contribution >= 0.6 is 0 Å². The van der Waals surface area contributed by atoms with Gasteiger partial charge in [-0.2, -0.15) is 0 Å². The summed E-state index contributed by atoms with van der Waals surface area (Å²) in [6.45, 7) is 2.18. The molecule has 0 spiro atoms. The molecule has 1 aliphatic heterocycles. The Morgan fingerprint density at radius 1 is 1.11 bits per heavy atom. The molecule has 1 aliphatic carbocycles. The molecule has 0 N–H and O–H groups in total. The Morgan fingerprint density at radius 3 is 2.67 bits per heavy atom. The van der Waals surface area contributed by atoms with Crippen LogP contribution in [-0.2, 0) is 0 Å². The number of nitrogens with zero attached hydrogens (tertiary/aromatic N) is 5. The lowest BCUT2D eigenvalue weighted by Crippen LogP contribution is -2.21. The molecule has 18 heavy (non-hydrogen) atoms. The van der Waals surface area contributed by atoms with Crippen LogP contribution < -0.4 is 4.90 Å². The molecular weight excluding hydrogens is 226 g/mol. The van der Waals surface area contributed by atoms with Gasteiger partial charge in [-0.05, 0) is 24.7 Å². The summed E-state index contributed by atoms with van der Waals surface area (Å²) in [5, 5.41) is 8.13. The third kappa shape index (κ3) is 1.43. The fourth-order valence-corrected chi connectivity index (χ4v) is 3.16. The predicted molar refractivity (Wildman–Crippen MR) is 68.3 cm³/mol. The van der Waals surface area contributed by atoms with Gasteiger partial charge >= 0.3 is 0 Å². The van der Waals surface area contributed by atoms with Gasteiger partial charge in [0.2, 0.25) is 5.65 Å². The van der Waals surface area contributed by atoms with Gasteiger partial charge in [0.1, 0.15) is 6.33 Å². The second kappa shape index (κ2) is 3.80. The van der Waals surface area contributed by atoms with Crippen LogP contribution in [0.15, 0.2) is 30.9 Å². The molecule has 0 amide bonds. The van der Waals surface area contributed by atoms with E-state index in [9.17, 15) is 0 Å². The summed E-state index contributed by atoms with van der Waals surface area (Å²) in [5.74, 6) is 2.53. The molecular formula is C13H15N5. The quantitative estimate of drug-likeness (QED) is 0.710. The zero-order chi connectivity index (χ0) is 11.9. The highest BCUT2D eigenvalue weighted by Crippen LogP contribution is 2.35. The molecule has 2 aliphatic rings. The molecule has 0 radical (unpaired) electrons. The molecule has 2 unspecified atom stereocenters. The minimum atomic E-state index is 0.778. The maximum atomic E-state index is 4.50. The van der Waals surface area contributed by atoms with Crippen molar-refractivity contribution in [2.75, 3.05) is 18.0 Å². The number of hydrogen-bond acceptors (Lipinski definition) is 4. The molecule has 0 bridgehead atoms. The first kappa shape index (κ1) is 10.1. The summed E-state index contributed by atoms with van der Waals surface area (Å²) in [5.41, 5.74) is 0.865. The summed E-state index contributed by atoms with van der Waals surface area (Å²) in [7, 11) is 0. The van der Waals surface area contributed by atoms with Crippen LogP contribution in [0.25, 0.3) is 5.65 Å². The van der Waals surface area contributed by atoms with Crippen molar-refractivity contribution in [3.63, 3.8) is 0 Å². The monoisotopic (exact) mass is 241 g/mol. The second-order valence-electron chi connectivity index (χ2n) is 5.18. The average Bonchev–Trinajstić information content (AvgIpc) is 3.04. The van der Waals surface area contributed by atoms with Gasteiger partial charge in [0, 0.05) is 25.5 Å². The minimum Gasteiger partial charge on any atom is -0.353 e. The number of aromatic nitrogens is 4. The zero-order valence-corrected chi connectivity index (χ0v) is 10.1. The highest BCUT2D eigenvalue weighted by atomic mass is 15.3. The van der Waals surface area contributed by atoms with E-state index in [1.165, 1.54) is 12.8 Å². The van der Waals surface area contributed by atoms with Gasteiger partial charge < -0.3 is 4.90 Å². The van der Waals surface area contributed by atoms with Crippen molar-refractivity contribution in [1.82, 2.24) is 19.6 Å². The molecule has 0 aromatic carbocycles. The topological polar surface area (TPSA) is 46.3 Å². The Bertz CT molecular complexity index is 586. The summed E-state index contributed by atoms with van der Waals surface area (Å²) in [6.07, 6.45) is 12.5. The number of hydrogen-bond donors (Lipinski definition) is 0. The Balaban J connectivity index is 1.70. The maximum Gasteiger partial charge on any atom is 0.203 e. The highest BCUT2D eigenvalue weighted by molar-refractivity contribution is 5.63. The van der Waals surface area contributed by atoms with Crippen LogP contribution in [0.3, 0.4) is 0 Å². The van der Waals surface area contributed by atoms with E-state index >= 15 is 0 Å². The van der Waals surface area contributed by atoms with Crippen molar-refractivity contribution < 1.29 is 0 Å². The number of fused-ring (bicyclic) bond motifs is 2. The Hall–Kier alpha value is -1.91. The lowest BCUT2D eigenvalue weighted by molar-refractivity contribution is 0.411. The van der Waals surface area contributed by atoms with E-state index in [0.717, 1.165) is 36.4 Å². The standard InChI is InChI=1S/C13H15N5/c1-2-4-11-8-18(7-10(11)3-1)12-13-16-15-9-17(13)6-5-14-12/h1-2,5-6,9-11H,3-4,7-8H2. The predicted octanol–water partition coefficient (Wildman–Crippen LogP) is 1.53. The third-order valence-corrected chi connectivity index (χ3v) is 4.12. The van der Waals surface area contributed by atoms with Gasteiger partial charge in [0.15, 0.2) is 5.82 Å². The van der Waals surface area contributed by atoms with E-state index < -0.39 is 0 Å². The Labute approximate surface area is 105 Å². The lowest BCUT2D eigenvalue weighted by atomic mass is 9.86. The second-order valence-corrected chi connectivity index (χ2v) is 5.18. The average molecular weight is 241 g/mol. The number of allylic oxidation sites excluding steroid dienone is 2. The summed E-state index contributed by atoms with van der Waals surface area (Å²) >= 11 is 0. The zero-order valence-electron chi connectivity index (χ0n) is 10.1. The van der Waals surface area contributed by atoms with Gasteiger partial charge in [-0.15, -0.1) is 10.2 Å². The molecule has 3 heterocycles. The van der Waals surface area contributed by atoms with Gasteiger partial charge in [-0.3, -0.25) is 4.40 Å². The van der Waals surface area contributed by atoms with E-state index in [0.29, 0.717) is 0 Å². The first-order valence-corrected chi connectivity index (χ1v) is 6.46. The summed E-state index contributed by atoms with van der Waals surface area (Å²) in [6, 6.07) is 0. The SMILES string of the molecule is C1=CCC2CN(c3nccn4cnnc34)CC2C1. The van der Waals surface area contributed by atoms with Crippen molar-refractivity contribution >= 4 is 11.5 Å². The van der Waals surface area contributed by atoms with E-state index in [1.807, 2.05) is 16.8 Å². The van der Waals surface area contributed by atoms with E-state index in [2.05, 4.69) is 32.2 Å². The molecule has 1 saturated heterocycles. The summed E-state index contributed by atoms with van der Waals surface area (Å²) in [4.78, 5) is 6.87. The third-order valence-electron chi connectivity index (χ3n) is 4.12. The van der Waals surface area contributed by atoms with Gasteiger partial charge in [-0.25, -0.2) is 4.98 Å². The Morgan fingerprint density at radius 2 is 1.89 bits per heavy atom. The lowest BCUT2D eigenvalue weighted by Gasteiger charge is -2.17. The Kier molecular flexibility index (Phi) is 2.12. The smallest absolute Gasteiger partial charge is 0.203 e. The van der Waals surface area contributed by atoms with Crippen molar-refractivity contribution in [3.05, 3.63) is 30.9 Å². The summed E-state index contributed by atoms with van der Waals surface area (Å²) < 4.78 is 1.93. The molecule has 92 valence electrons. The molecule has 0 saturated carbocycles. The molecule has 5 heteroatoms. The molecule has 4 rings (SSSR count). The maximum absolute atomic E-state index is 4.50. The van der Waals surface area contributed by atoms with Crippen LogP contribution in [0.5, 0.6) is 0 Å². The van der Waals surface area contributed by atoms with E-state index in [4.69, 9.17) is 0 Å². The van der Waals surface area contributed by atoms with Crippen molar-refractivity contribution in [2.24, 2.45) is 11.8 Å². The molecule has 5 nitrogen and oxygen atoms in total. The van der Waals surface area contributed by atoms with Crippen molar-refractivity contribution in [2.45, 2.75) is 12.8 Å². The largest absolute Gasteiger partial charge is 0.353 e. The van der Waals surface area contributed by atoms with Crippen LogP contribution in [0.4, 0.5) is 5.82 Å². The van der Waals surface area contributed by atoms with Crippen LogP contribution in [0.1, 0.15) is 12.8 Å². The van der Waals surface area contributed by atoms with Crippen LogP contribution in [0.2, 0.25) is 0 Å². The van der Waals surface area contributed by atoms with Crippen molar-refractivity contribution in [1.29, 1.82) is 0 Å². The first-order chi connectivity index (χ1) is 8.92. The van der Waals surface area contributed by atoms with Crippen LogP contribution in [0, 0.1) is 11.8 Å². The first-order valence-electron chi connectivity index (χ1n) is 6.46. The number of anilines is 1. The fraction of sp³-hybridized carbons (Fsp3) is 0.462. The molecule has 2 atom stereocenters. The van der Waals surface area contributed by atoms with Gasteiger partial charge in [0.05, 0.1) is 0 Å². The van der Waals surface area contributed by atoms with Gasteiger partial charge in [0.25, 0.3) is 0 Å². The van der Waals surface area contributed by atoms with Crippen LogP contribution in [-0.4, -0.2) is 32.7 Å².